The molecule has 6 aliphatic heterocycles. The third-order valence-corrected chi connectivity index (χ3v) is 10.9. The van der Waals surface area contributed by atoms with Gasteiger partial charge in [-0.25, -0.2) is 4.79 Å². The monoisotopic (exact) mass is 694 g/mol. The minimum Gasteiger partial charge on any atom is -0.489 e. The van der Waals surface area contributed by atoms with Crippen molar-refractivity contribution in [1.29, 1.82) is 0 Å². The maximum Gasteiger partial charge on any atom is 0.339 e. The van der Waals surface area contributed by atoms with Crippen molar-refractivity contribution in [2.45, 2.75) is 36.2 Å². The lowest BCUT2D eigenvalue weighted by Crippen LogP contribution is -2.06. The molecule has 0 saturated carbocycles. The van der Waals surface area contributed by atoms with Gasteiger partial charge in [0.05, 0.1) is 12.7 Å². The fourth-order valence-electron chi connectivity index (χ4n) is 5.92. The van der Waals surface area contributed by atoms with E-state index in [1.807, 2.05) is 66.0 Å². The second-order valence-electron chi connectivity index (χ2n) is 12.3. The number of esters is 1. The van der Waals surface area contributed by atoms with Gasteiger partial charge in [-0.3, -0.25) is 0 Å². The number of ether oxygens (including phenoxy) is 3. The molecule has 0 atom stereocenters. The Labute approximate surface area is 302 Å². The Morgan fingerprint density at radius 3 is 1.18 bits per heavy atom. The molecule has 0 unspecified atom stereocenters. The van der Waals surface area contributed by atoms with E-state index in [9.17, 15) is 4.79 Å². The highest BCUT2D eigenvalue weighted by atomic mass is 32.2. The number of hydrogen-bond donors (Lipinski definition) is 0. The van der Waals surface area contributed by atoms with Gasteiger partial charge in [-0.2, -0.15) is 23.5 Å². The summed E-state index contributed by atoms with van der Waals surface area (Å²) in [6, 6.07) is 48.2. The Kier molecular flexibility index (Phi) is 10.9. The zero-order chi connectivity index (χ0) is 34.1. The van der Waals surface area contributed by atoms with Gasteiger partial charge in [0.15, 0.2) is 0 Å². The van der Waals surface area contributed by atoms with Crippen LogP contribution in [0.25, 0.3) is 22.3 Å². The normalized spacial score (nSPS) is 13.5. The van der Waals surface area contributed by atoms with E-state index in [1.54, 1.807) is 0 Å². The zero-order valence-electron chi connectivity index (χ0n) is 28.0. The highest BCUT2D eigenvalue weighted by molar-refractivity contribution is 7.97. The van der Waals surface area contributed by atoms with Crippen LogP contribution in [0, 0.1) is 0 Å². The van der Waals surface area contributed by atoms with Crippen LogP contribution in [0.1, 0.15) is 43.7 Å². The third-order valence-electron chi connectivity index (χ3n) is 8.74. The Hall–Kier alpha value is -4.91. The Bertz CT molecular complexity index is 1880. The number of carbonyl (C=O) groups excluding carboxylic acids is 1. The minimum absolute atomic E-state index is 0.339. The first-order valence-electron chi connectivity index (χ1n) is 16.7. The predicted octanol–water partition coefficient (Wildman–Crippen LogP) is 11.1. The van der Waals surface area contributed by atoms with Gasteiger partial charge in [0.25, 0.3) is 0 Å². The molecule has 0 radical (unpaired) electrons. The molecule has 6 aromatic carbocycles. The molecule has 12 bridgehead atoms. The summed E-state index contributed by atoms with van der Waals surface area (Å²) in [7, 11) is 1.44. The first-order chi connectivity index (χ1) is 24.6. The number of thioether (sulfide) groups is 2. The summed E-state index contributed by atoms with van der Waals surface area (Å²) >= 11 is 3.75. The highest BCUT2D eigenvalue weighted by Gasteiger charge is 2.19. The van der Waals surface area contributed by atoms with Gasteiger partial charge >= 0.3 is 5.97 Å². The van der Waals surface area contributed by atoms with Crippen LogP contribution in [-0.2, 0) is 41.0 Å². The Morgan fingerprint density at radius 2 is 0.820 bits per heavy atom. The molecule has 4 nitrogen and oxygen atoms in total. The van der Waals surface area contributed by atoms with Crippen LogP contribution in [0.3, 0.4) is 0 Å². The third kappa shape index (κ3) is 8.44. The fraction of sp³-hybridized carbons (Fsp3) is 0.159. The van der Waals surface area contributed by atoms with E-state index in [2.05, 4.69) is 97.1 Å². The number of methoxy groups -OCH3 is 1. The summed E-state index contributed by atoms with van der Waals surface area (Å²) in [5, 5.41) is 0. The summed E-state index contributed by atoms with van der Waals surface area (Å²) < 4.78 is 17.4. The van der Waals surface area contributed by atoms with Crippen LogP contribution in [0.5, 0.6) is 11.5 Å². The van der Waals surface area contributed by atoms with Crippen molar-refractivity contribution < 1.29 is 19.0 Å². The van der Waals surface area contributed by atoms with Crippen LogP contribution in [0.4, 0.5) is 0 Å². The maximum absolute atomic E-state index is 13.2. The van der Waals surface area contributed by atoms with Crippen molar-refractivity contribution in [3.05, 3.63) is 178 Å². The second kappa shape index (κ2) is 16.2. The number of fused-ring (bicyclic) bond motifs is 5. The Morgan fingerprint density at radius 1 is 0.480 bits per heavy atom. The topological polar surface area (TPSA) is 44.8 Å². The van der Waals surface area contributed by atoms with Gasteiger partial charge in [0.2, 0.25) is 0 Å². The minimum atomic E-state index is -0.339. The summed E-state index contributed by atoms with van der Waals surface area (Å²) in [5.41, 5.74) is 11.5. The average Bonchev–Trinajstić information content (AvgIpc) is 3.17. The molecule has 0 N–H and O–H groups in total. The molecular formula is C44H38O4S2. The summed E-state index contributed by atoms with van der Waals surface area (Å²) in [6.07, 6.45) is 0. The van der Waals surface area contributed by atoms with Crippen LogP contribution in [-0.4, -0.2) is 13.1 Å². The van der Waals surface area contributed by atoms with Gasteiger partial charge in [0.1, 0.15) is 24.7 Å². The Balaban J connectivity index is 1.12. The van der Waals surface area contributed by atoms with E-state index in [0.29, 0.717) is 18.8 Å². The van der Waals surface area contributed by atoms with E-state index < -0.39 is 0 Å². The molecule has 0 fully saturated rings. The summed E-state index contributed by atoms with van der Waals surface area (Å²) in [4.78, 5) is 13.2. The highest BCUT2D eigenvalue weighted by Crippen LogP contribution is 2.34. The first kappa shape index (κ1) is 33.6. The summed E-state index contributed by atoms with van der Waals surface area (Å²) in [5.74, 6) is 4.96. The fourth-order valence-corrected chi connectivity index (χ4v) is 7.84. The predicted molar refractivity (Wildman–Crippen MR) is 207 cm³/mol. The molecule has 50 heavy (non-hydrogen) atoms. The molecule has 0 amide bonds. The van der Waals surface area contributed by atoms with E-state index in [4.69, 9.17) is 14.2 Å². The van der Waals surface area contributed by atoms with Crippen LogP contribution >= 0.6 is 23.5 Å². The second-order valence-corrected chi connectivity index (χ2v) is 14.3. The molecule has 0 spiro atoms. The van der Waals surface area contributed by atoms with Crippen LogP contribution in [0.15, 0.2) is 140 Å². The molecule has 0 aromatic heterocycles. The van der Waals surface area contributed by atoms with E-state index >= 15 is 0 Å². The maximum atomic E-state index is 13.2. The zero-order valence-corrected chi connectivity index (χ0v) is 29.6. The largest absolute Gasteiger partial charge is 0.489 e. The molecule has 6 heterocycles. The van der Waals surface area contributed by atoms with Crippen molar-refractivity contribution in [2.24, 2.45) is 0 Å². The number of carbonyl (C=O) groups is 1. The molecule has 6 aromatic rings. The van der Waals surface area contributed by atoms with Crippen LogP contribution in [0.2, 0.25) is 0 Å². The van der Waals surface area contributed by atoms with Crippen molar-refractivity contribution >= 4 is 29.5 Å². The van der Waals surface area contributed by atoms with Crippen molar-refractivity contribution in [1.82, 2.24) is 0 Å². The lowest BCUT2D eigenvalue weighted by atomic mass is 9.91. The summed E-state index contributed by atoms with van der Waals surface area (Å²) in [6.45, 7) is 1.03. The van der Waals surface area contributed by atoms with Gasteiger partial charge in [-0.15, -0.1) is 0 Å². The first-order valence-corrected chi connectivity index (χ1v) is 19.0. The lowest BCUT2D eigenvalue weighted by Gasteiger charge is -2.15. The quantitative estimate of drug-likeness (QED) is 0.160. The van der Waals surface area contributed by atoms with Crippen molar-refractivity contribution in [3.63, 3.8) is 0 Å². The van der Waals surface area contributed by atoms with E-state index in [0.717, 1.165) is 67.9 Å². The number of benzene rings is 6. The number of hydrogen-bond acceptors (Lipinski definition) is 6. The van der Waals surface area contributed by atoms with Gasteiger partial charge < -0.3 is 14.2 Å². The molecule has 0 saturated heterocycles. The number of rotatable bonds is 1. The standard InChI is InChI=1S/C44H38O4S2/c1-46-44(45)43-41-3-2-4-42(43)38-19-11-34(12-20-38)28-50-30-36-15-23-40(24-16-36)48-26-32-7-5-31(6-8-32)25-47-39-21-13-35(14-22-39)29-49-27-33-9-17-37(41)18-10-33/h2-24H,25-30H2,1H3. The molecule has 6 aliphatic rings. The van der Waals surface area contributed by atoms with Crippen molar-refractivity contribution in [2.75, 3.05) is 7.11 Å². The molecular weight excluding hydrogens is 657 g/mol. The molecule has 0 aliphatic carbocycles. The smallest absolute Gasteiger partial charge is 0.339 e. The molecule has 250 valence electrons. The van der Waals surface area contributed by atoms with Gasteiger partial charge in [-0.05, 0) is 79.9 Å². The lowest BCUT2D eigenvalue weighted by molar-refractivity contribution is 0.0602. The van der Waals surface area contributed by atoms with E-state index in [1.165, 1.54) is 29.4 Å². The van der Waals surface area contributed by atoms with E-state index in [-0.39, 0.29) is 5.97 Å². The average molecular weight is 695 g/mol. The van der Waals surface area contributed by atoms with Gasteiger partial charge in [0, 0.05) is 23.0 Å². The van der Waals surface area contributed by atoms with Crippen molar-refractivity contribution in [3.8, 4) is 33.8 Å². The van der Waals surface area contributed by atoms with Crippen LogP contribution < -0.4 is 9.47 Å². The molecule has 12 rings (SSSR count). The van der Waals surface area contributed by atoms with Gasteiger partial charge in [-0.1, -0.05) is 115 Å². The molecule has 6 heteroatoms. The SMILES string of the molecule is COC(=O)c1c2cccc1-c1ccc(cc1)CSCc1ccc(cc1)OCc1ccc(cc1)COc1ccc(cc1)CSCc1ccc-2cc1.